The summed E-state index contributed by atoms with van der Waals surface area (Å²) in [5, 5.41) is 33.5. The molecular weight excluding hydrogens is 223 g/mol. The van der Waals surface area contributed by atoms with Crippen molar-refractivity contribution in [3.8, 4) is 0 Å². The lowest BCUT2D eigenvalue weighted by Gasteiger charge is -2.37. The molecule has 5 N–H and O–H groups in total. The summed E-state index contributed by atoms with van der Waals surface area (Å²) in [6.07, 6.45) is 2.23. The average Bonchev–Trinajstić information content (AvgIpc) is 2.47. The van der Waals surface area contributed by atoms with Crippen LogP contribution in [0.15, 0.2) is 0 Å². The minimum atomic E-state index is -1.29. The fourth-order valence-corrected chi connectivity index (χ4v) is 3.16. The second-order valence-electron chi connectivity index (χ2n) is 4.99. The van der Waals surface area contributed by atoms with Crippen LogP contribution in [0.25, 0.3) is 0 Å². The Bertz CT molecular complexity index is 298. The van der Waals surface area contributed by atoms with Gasteiger partial charge in [-0.2, -0.15) is 0 Å². The van der Waals surface area contributed by atoms with Crippen LogP contribution in [0.3, 0.4) is 0 Å². The van der Waals surface area contributed by atoms with E-state index in [-0.39, 0.29) is 12.0 Å². The van der Waals surface area contributed by atoms with Crippen molar-refractivity contribution in [1.82, 2.24) is 10.6 Å². The zero-order valence-electron chi connectivity index (χ0n) is 9.72. The minimum Gasteiger partial charge on any atom is -0.480 e. The molecule has 2 aliphatic rings. The van der Waals surface area contributed by atoms with Crippen LogP contribution in [0.5, 0.6) is 0 Å². The lowest BCUT2D eigenvalue weighted by Crippen LogP contribution is -2.58. The predicted octanol–water partition coefficient (Wildman–Crippen LogP) is -1.36. The number of piperidine rings is 1. The molecule has 0 spiro atoms. The van der Waals surface area contributed by atoms with Gasteiger partial charge >= 0.3 is 13.1 Å². The van der Waals surface area contributed by atoms with E-state index in [0.29, 0.717) is 32.1 Å². The van der Waals surface area contributed by atoms with Crippen LogP contribution in [-0.2, 0) is 4.79 Å². The number of aliphatic carboxylic acids is 1. The Morgan fingerprint density at radius 1 is 1.47 bits per heavy atom. The van der Waals surface area contributed by atoms with Gasteiger partial charge in [-0.15, -0.1) is 0 Å². The minimum absolute atomic E-state index is 0.0347. The maximum Gasteiger partial charge on any atom is 0.451 e. The number of carboxylic acid groups (broad SMARTS) is 1. The number of fused-ring (bicyclic) bond motifs is 2. The van der Waals surface area contributed by atoms with E-state index in [1.807, 2.05) is 0 Å². The van der Waals surface area contributed by atoms with Crippen molar-refractivity contribution in [2.75, 3.05) is 13.1 Å². The van der Waals surface area contributed by atoms with E-state index in [1.54, 1.807) is 0 Å². The molecule has 0 unspecified atom stereocenters. The molecule has 0 aliphatic carbocycles. The highest BCUT2D eigenvalue weighted by Crippen LogP contribution is 2.37. The molecule has 0 radical (unpaired) electrons. The van der Waals surface area contributed by atoms with Crippen LogP contribution in [0.1, 0.15) is 19.3 Å². The second kappa shape index (κ2) is 4.93. The average molecular weight is 242 g/mol. The third kappa shape index (κ3) is 2.33. The first kappa shape index (κ1) is 12.8. The Hall–Kier alpha value is -0.625. The van der Waals surface area contributed by atoms with Gasteiger partial charge in [0.25, 0.3) is 0 Å². The summed E-state index contributed by atoms with van der Waals surface area (Å²) in [5.41, 5.74) is -0.809. The highest BCUT2D eigenvalue weighted by molar-refractivity contribution is 6.40. The van der Waals surface area contributed by atoms with Crippen molar-refractivity contribution in [2.45, 2.75) is 37.2 Å². The molecule has 2 fully saturated rings. The van der Waals surface area contributed by atoms with Gasteiger partial charge in [-0.3, -0.25) is 10.1 Å². The van der Waals surface area contributed by atoms with Crippen LogP contribution in [-0.4, -0.2) is 52.9 Å². The summed E-state index contributed by atoms with van der Waals surface area (Å²) in [7, 11) is -1.29. The monoisotopic (exact) mass is 242 g/mol. The van der Waals surface area contributed by atoms with Gasteiger partial charge in [0.2, 0.25) is 0 Å². The summed E-state index contributed by atoms with van der Waals surface area (Å²) >= 11 is 0. The van der Waals surface area contributed by atoms with Crippen LogP contribution in [0.2, 0.25) is 6.32 Å². The Kier molecular flexibility index (Phi) is 3.72. The van der Waals surface area contributed by atoms with Gasteiger partial charge in [0.1, 0.15) is 5.54 Å². The van der Waals surface area contributed by atoms with Crippen molar-refractivity contribution in [1.29, 1.82) is 0 Å². The lowest BCUT2D eigenvalue weighted by atomic mass is 9.73. The first-order valence-electron chi connectivity index (χ1n) is 6.14. The molecule has 2 heterocycles. The molecule has 7 heteroatoms. The van der Waals surface area contributed by atoms with Crippen LogP contribution >= 0.6 is 0 Å². The predicted molar refractivity (Wildman–Crippen MR) is 62.5 cm³/mol. The summed E-state index contributed by atoms with van der Waals surface area (Å²) in [4.78, 5) is 11.5. The first-order chi connectivity index (χ1) is 8.06. The number of rotatable bonds is 5. The molecule has 3 atom stereocenters. The molecule has 2 saturated heterocycles. The van der Waals surface area contributed by atoms with Gasteiger partial charge in [-0.1, -0.05) is 6.42 Å². The maximum atomic E-state index is 11.5. The third-order valence-electron chi connectivity index (χ3n) is 4.04. The zero-order valence-corrected chi connectivity index (χ0v) is 9.72. The lowest BCUT2D eigenvalue weighted by molar-refractivity contribution is -0.147. The third-order valence-corrected chi connectivity index (χ3v) is 4.04. The SMILES string of the molecule is O=C(O)[C@]12CCN[C@H](CN1)[C@@H]2CCCB(O)O. The van der Waals surface area contributed by atoms with Crippen molar-refractivity contribution < 1.29 is 19.9 Å². The van der Waals surface area contributed by atoms with Gasteiger partial charge in [0.05, 0.1) is 0 Å². The normalized spacial score (nSPS) is 35.9. The Morgan fingerprint density at radius 3 is 2.88 bits per heavy atom. The van der Waals surface area contributed by atoms with Crippen molar-refractivity contribution in [3.63, 3.8) is 0 Å². The molecular formula is C10H19BN2O4. The van der Waals surface area contributed by atoms with E-state index in [0.717, 1.165) is 6.54 Å². The van der Waals surface area contributed by atoms with Crippen LogP contribution in [0.4, 0.5) is 0 Å². The topological polar surface area (TPSA) is 102 Å². The maximum absolute atomic E-state index is 11.5. The first-order valence-corrected chi connectivity index (χ1v) is 6.14. The molecule has 2 aliphatic heterocycles. The van der Waals surface area contributed by atoms with E-state index in [9.17, 15) is 9.90 Å². The van der Waals surface area contributed by atoms with Gasteiger partial charge in [-0.05, 0) is 25.7 Å². The fraction of sp³-hybridized carbons (Fsp3) is 0.900. The fourth-order valence-electron chi connectivity index (χ4n) is 3.16. The second-order valence-corrected chi connectivity index (χ2v) is 4.99. The molecule has 17 heavy (non-hydrogen) atoms. The number of nitrogens with one attached hydrogen (secondary N) is 2. The molecule has 0 aromatic rings. The molecule has 96 valence electrons. The zero-order chi connectivity index (χ0) is 12.5. The molecule has 2 rings (SSSR count). The van der Waals surface area contributed by atoms with E-state index in [1.165, 1.54) is 0 Å². The highest BCUT2D eigenvalue weighted by atomic mass is 16.4. The van der Waals surface area contributed by atoms with Crippen LogP contribution < -0.4 is 10.6 Å². The number of hydrogen-bond acceptors (Lipinski definition) is 5. The van der Waals surface area contributed by atoms with Gasteiger partial charge < -0.3 is 20.5 Å². The standard InChI is InChI=1S/C10H19BN2O4/c14-9(15)10-3-5-12-8(6-13-10)7(10)2-1-4-11(16)17/h7-8,12-13,16-17H,1-6H2,(H,14,15)/t7-,8+,10+/m0/s1. The van der Waals surface area contributed by atoms with E-state index in [4.69, 9.17) is 10.0 Å². The van der Waals surface area contributed by atoms with Gasteiger partial charge in [-0.25, -0.2) is 0 Å². The summed E-state index contributed by atoms with van der Waals surface area (Å²) in [5.74, 6) is -0.747. The molecule has 0 aromatic carbocycles. The molecule has 2 bridgehead atoms. The Morgan fingerprint density at radius 2 is 2.24 bits per heavy atom. The molecule has 6 nitrogen and oxygen atoms in total. The summed E-state index contributed by atoms with van der Waals surface area (Å²) in [6, 6.07) is 0.190. The van der Waals surface area contributed by atoms with Crippen molar-refractivity contribution in [2.24, 2.45) is 5.92 Å². The smallest absolute Gasteiger partial charge is 0.451 e. The summed E-state index contributed by atoms with van der Waals surface area (Å²) < 4.78 is 0. The van der Waals surface area contributed by atoms with E-state index >= 15 is 0 Å². The molecule has 0 aromatic heterocycles. The molecule has 0 amide bonds. The van der Waals surface area contributed by atoms with Crippen molar-refractivity contribution >= 4 is 13.1 Å². The van der Waals surface area contributed by atoms with E-state index < -0.39 is 18.6 Å². The number of hydrogen-bond donors (Lipinski definition) is 5. The summed E-state index contributed by atoms with van der Waals surface area (Å²) in [6.45, 7) is 1.40. The Balaban J connectivity index is 2.01. The van der Waals surface area contributed by atoms with Crippen molar-refractivity contribution in [3.05, 3.63) is 0 Å². The van der Waals surface area contributed by atoms with E-state index in [2.05, 4.69) is 10.6 Å². The largest absolute Gasteiger partial charge is 0.480 e. The Labute approximate surface area is 101 Å². The number of carbonyl (C=O) groups is 1. The quantitative estimate of drug-likeness (QED) is 0.382. The number of carboxylic acids is 1. The molecule has 0 saturated carbocycles. The van der Waals surface area contributed by atoms with Crippen LogP contribution in [0, 0.1) is 5.92 Å². The van der Waals surface area contributed by atoms with Gasteiger partial charge in [0, 0.05) is 18.5 Å². The highest BCUT2D eigenvalue weighted by Gasteiger charge is 2.55. The van der Waals surface area contributed by atoms with Gasteiger partial charge in [0.15, 0.2) is 0 Å².